The maximum atomic E-state index is 13.2. The van der Waals surface area contributed by atoms with Gasteiger partial charge in [-0.1, -0.05) is 42.5 Å². The van der Waals surface area contributed by atoms with Gasteiger partial charge >= 0.3 is 0 Å². The molecular formula is C27H27N3O4S. The molecule has 1 heterocycles. The molecule has 0 saturated heterocycles. The molecule has 1 atom stereocenters. The summed E-state index contributed by atoms with van der Waals surface area (Å²) in [5, 5.41) is 2.93. The first-order valence-corrected chi connectivity index (χ1v) is 13.2. The monoisotopic (exact) mass is 489 g/mol. The fourth-order valence-electron chi connectivity index (χ4n) is 4.40. The van der Waals surface area contributed by atoms with Crippen molar-refractivity contribution < 1.29 is 18.0 Å². The van der Waals surface area contributed by atoms with Crippen molar-refractivity contribution in [1.82, 2.24) is 5.32 Å². The first-order chi connectivity index (χ1) is 16.8. The van der Waals surface area contributed by atoms with Crippen molar-refractivity contribution in [2.24, 2.45) is 5.92 Å². The summed E-state index contributed by atoms with van der Waals surface area (Å²) in [5.41, 5.74) is 3.02. The standard InChI is InChI=1S/C27H27N3O4S/c1-18(19-7-3-2-4-8-19)28-26(31)23-9-5-6-10-24(23)29-35(33,34)22-13-14-25-21(17-22)15-16-30(25)27(32)20-11-12-20/h2-10,13-14,17-18,20,29H,11-12,15-16H2,1H3,(H,28,31)/t18-/m0/s1. The number of para-hydroxylation sites is 1. The number of nitrogens with zero attached hydrogens (tertiary/aromatic N) is 1. The van der Waals surface area contributed by atoms with E-state index in [4.69, 9.17) is 0 Å². The van der Waals surface area contributed by atoms with E-state index < -0.39 is 10.0 Å². The number of nitrogens with one attached hydrogen (secondary N) is 2. The van der Waals surface area contributed by atoms with E-state index in [1.165, 1.54) is 6.07 Å². The predicted molar refractivity (Wildman–Crippen MR) is 135 cm³/mol. The third kappa shape index (κ3) is 4.79. The average Bonchev–Trinajstić information content (AvgIpc) is 3.63. The zero-order chi connectivity index (χ0) is 24.6. The topological polar surface area (TPSA) is 95.6 Å². The van der Waals surface area contributed by atoms with Gasteiger partial charge < -0.3 is 10.2 Å². The molecule has 8 heteroatoms. The van der Waals surface area contributed by atoms with Gasteiger partial charge in [-0.25, -0.2) is 8.42 Å². The Balaban J connectivity index is 1.35. The second kappa shape index (κ2) is 9.19. The van der Waals surface area contributed by atoms with Crippen LogP contribution in [0.2, 0.25) is 0 Å². The molecule has 2 aliphatic rings. The molecule has 0 bridgehead atoms. The quantitative estimate of drug-likeness (QED) is 0.518. The summed E-state index contributed by atoms with van der Waals surface area (Å²) in [6, 6.07) is 20.7. The third-order valence-corrected chi connectivity index (χ3v) is 7.88. The number of anilines is 2. The molecule has 0 aromatic heterocycles. The van der Waals surface area contributed by atoms with Gasteiger partial charge in [0.25, 0.3) is 15.9 Å². The Morgan fingerprint density at radius 3 is 2.43 bits per heavy atom. The number of carbonyl (C=O) groups excluding carboxylic acids is 2. The first kappa shape index (κ1) is 23.1. The van der Waals surface area contributed by atoms with Crippen molar-refractivity contribution in [3.8, 4) is 0 Å². The summed E-state index contributed by atoms with van der Waals surface area (Å²) in [7, 11) is -3.95. The highest BCUT2D eigenvalue weighted by atomic mass is 32.2. The number of benzene rings is 3. The molecule has 0 spiro atoms. The third-order valence-electron chi connectivity index (χ3n) is 6.51. The molecule has 3 aromatic rings. The Bertz CT molecular complexity index is 1380. The highest BCUT2D eigenvalue weighted by molar-refractivity contribution is 7.92. The van der Waals surface area contributed by atoms with Crippen molar-refractivity contribution in [2.75, 3.05) is 16.2 Å². The van der Waals surface area contributed by atoms with Crippen molar-refractivity contribution in [2.45, 2.75) is 37.1 Å². The number of hydrogen-bond donors (Lipinski definition) is 2. The molecule has 2 N–H and O–H groups in total. The first-order valence-electron chi connectivity index (χ1n) is 11.8. The molecule has 180 valence electrons. The van der Waals surface area contributed by atoms with E-state index in [1.54, 1.807) is 41.3 Å². The Hall–Kier alpha value is -3.65. The lowest BCUT2D eigenvalue weighted by molar-refractivity contribution is -0.119. The maximum absolute atomic E-state index is 13.2. The summed E-state index contributed by atoms with van der Waals surface area (Å²) < 4.78 is 29.0. The number of hydrogen-bond acceptors (Lipinski definition) is 4. The highest BCUT2D eigenvalue weighted by Gasteiger charge is 2.36. The van der Waals surface area contributed by atoms with E-state index in [9.17, 15) is 18.0 Å². The van der Waals surface area contributed by atoms with Gasteiger partial charge in [0.1, 0.15) is 0 Å². The van der Waals surface area contributed by atoms with Gasteiger partial charge in [-0.05, 0) is 67.6 Å². The van der Waals surface area contributed by atoms with Crippen LogP contribution in [-0.2, 0) is 21.2 Å². The lowest BCUT2D eigenvalue weighted by Crippen LogP contribution is -2.30. The van der Waals surface area contributed by atoms with Crippen molar-refractivity contribution in [3.63, 3.8) is 0 Å². The van der Waals surface area contributed by atoms with Crippen LogP contribution in [0, 0.1) is 5.92 Å². The zero-order valence-electron chi connectivity index (χ0n) is 19.4. The minimum Gasteiger partial charge on any atom is -0.345 e. The maximum Gasteiger partial charge on any atom is 0.261 e. The van der Waals surface area contributed by atoms with Gasteiger partial charge in [-0.3, -0.25) is 14.3 Å². The van der Waals surface area contributed by atoms with Crippen LogP contribution in [-0.4, -0.2) is 26.8 Å². The number of amides is 2. The normalized spacial score (nSPS) is 15.9. The van der Waals surface area contributed by atoms with Crippen LogP contribution in [0.1, 0.15) is 47.3 Å². The molecule has 1 saturated carbocycles. The lowest BCUT2D eigenvalue weighted by Gasteiger charge is -2.18. The Kier molecular flexibility index (Phi) is 6.06. The van der Waals surface area contributed by atoms with Crippen molar-refractivity contribution in [1.29, 1.82) is 0 Å². The molecule has 0 unspecified atom stereocenters. The zero-order valence-corrected chi connectivity index (χ0v) is 20.2. The van der Waals surface area contributed by atoms with Crippen molar-refractivity contribution in [3.05, 3.63) is 89.5 Å². The average molecular weight is 490 g/mol. The van der Waals surface area contributed by atoms with Gasteiger partial charge in [0.05, 0.1) is 22.2 Å². The molecule has 3 aromatic carbocycles. The number of sulfonamides is 1. The second-order valence-corrected chi connectivity index (χ2v) is 10.7. The molecule has 7 nitrogen and oxygen atoms in total. The van der Waals surface area contributed by atoms with Crippen LogP contribution < -0.4 is 14.9 Å². The Morgan fingerprint density at radius 2 is 1.69 bits per heavy atom. The lowest BCUT2D eigenvalue weighted by atomic mass is 10.1. The Morgan fingerprint density at radius 1 is 0.971 bits per heavy atom. The number of fused-ring (bicyclic) bond motifs is 1. The molecule has 0 radical (unpaired) electrons. The van der Waals surface area contributed by atoms with E-state index in [0.717, 1.165) is 29.7 Å². The van der Waals surface area contributed by atoms with Gasteiger partial charge in [0.15, 0.2) is 0 Å². The van der Waals surface area contributed by atoms with Gasteiger partial charge in [-0.2, -0.15) is 0 Å². The van der Waals surface area contributed by atoms with Crippen molar-refractivity contribution >= 4 is 33.2 Å². The second-order valence-electron chi connectivity index (χ2n) is 9.06. The van der Waals surface area contributed by atoms with E-state index >= 15 is 0 Å². The van der Waals surface area contributed by atoms with Crippen LogP contribution in [0.25, 0.3) is 0 Å². The predicted octanol–water partition coefficient (Wildman–Crippen LogP) is 4.28. The van der Waals surface area contributed by atoms with Crippen LogP contribution in [0.5, 0.6) is 0 Å². The van der Waals surface area contributed by atoms with Gasteiger partial charge in [-0.15, -0.1) is 0 Å². The SMILES string of the molecule is C[C@H](NC(=O)c1ccccc1NS(=O)(=O)c1ccc2c(c1)CCN2C(=O)C1CC1)c1ccccc1. The molecular weight excluding hydrogens is 462 g/mol. The minimum absolute atomic E-state index is 0.102. The van der Waals surface area contributed by atoms with Gasteiger partial charge in [0, 0.05) is 18.2 Å². The summed E-state index contributed by atoms with van der Waals surface area (Å²) in [6.07, 6.45) is 2.48. The summed E-state index contributed by atoms with van der Waals surface area (Å²) in [6.45, 7) is 2.45. The fraction of sp³-hybridized carbons (Fsp3) is 0.259. The molecule has 1 aliphatic carbocycles. The van der Waals surface area contributed by atoms with Crippen LogP contribution in [0.15, 0.2) is 77.7 Å². The molecule has 2 amide bonds. The van der Waals surface area contributed by atoms with Gasteiger partial charge in [0.2, 0.25) is 5.91 Å². The fourth-order valence-corrected chi connectivity index (χ4v) is 5.53. The number of rotatable bonds is 7. The van der Waals surface area contributed by atoms with E-state index in [1.807, 2.05) is 37.3 Å². The molecule has 35 heavy (non-hydrogen) atoms. The highest BCUT2D eigenvalue weighted by Crippen LogP contribution is 2.37. The van der Waals surface area contributed by atoms with Crippen LogP contribution in [0.3, 0.4) is 0 Å². The van der Waals surface area contributed by atoms with Crippen LogP contribution >= 0.6 is 0 Å². The summed E-state index contributed by atoms with van der Waals surface area (Å²) >= 11 is 0. The van der Waals surface area contributed by atoms with E-state index in [-0.39, 0.29) is 39.9 Å². The van der Waals surface area contributed by atoms with Crippen LogP contribution in [0.4, 0.5) is 11.4 Å². The molecule has 1 aliphatic heterocycles. The Labute approximate surface area is 205 Å². The summed E-state index contributed by atoms with van der Waals surface area (Å²) in [4.78, 5) is 27.4. The molecule has 5 rings (SSSR count). The van der Waals surface area contributed by atoms with E-state index in [0.29, 0.717) is 13.0 Å². The number of carbonyl (C=O) groups is 2. The minimum atomic E-state index is -3.95. The summed E-state index contributed by atoms with van der Waals surface area (Å²) in [5.74, 6) is -0.136. The van der Waals surface area contributed by atoms with E-state index in [2.05, 4.69) is 10.0 Å². The molecule has 1 fully saturated rings. The smallest absolute Gasteiger partial charge is 0.261 e. The largest absolute Gasteiger partial charge is 0.345 e.